The van der Waals surface area contributed by atoms with E-state index in [1.807, 2.05) is 26.8 Å². The van der Waals surface area contributed by atoms with Gasteiger partial charge in [0.25, 0.3) is 5.91 Å². The van der Waals surface area contributed by atoms with Crippen molar-refractivity contribution in [1.29, 1.82) is 0 Å². The third-order valence-corrected chi connectivity index (χ3v) is 3.40. The Morgan fingerprint density at radius 1 is 1.08 bits per heavy atom. The third-order valence-electron chi connectivity index (χ3n) is 3.40. The van der Waals surface area contributed by atoms with E-state index < -0.39 is 0 Å². The van der Waals surface area contributed by atoms with E-state index in [-0.39, 0.29) is 23.5 Å². The molecule has 0 aliphatic rings. The van der Waals surface area contributed by atoms with Crippen molar-refractivity contribution in [1.82, 2.24) is 0 Å². The van der Waals surface area contributed by atoms with Crippen LogP contribution in [0, 0.1) is 12.8 Å². The highest BCUT2D eigenvalue weighted by atomic mass is 16.3. The highest BCUT2D eigenvalue weighted by molar-refractivity contribution is 6.05. The van der Waals surface area contributed by atoms with Crippen molar-refractivity contribution in [3.63, 3.8) is 0 Å². The number of rotatable bonds is 5. The van der Waals surface area contributed by atoms with Gasteiger partial charge in [-0.1, -0.05) is 31.5 Å². The fraction of sp³-hybridized carbons (Fsp3) is 0.263. The van der Waals surface area contributed by atoms with Crippen LogP contribution in [0.2, 0.25) is 0 Å². The average Bonchev–Trinajstić information content (AvgIpc) is 2.49. The van der Waals surface area contributed by atoms with Crippen molar-refractivity contribution in [3.05, 3.63) is 53.6 Å². The van der Waals surface area contributed by atoms with Gasteiger partial charge >= 0.3 is 0 Å². The number of nitrogens with one attached hydrogen (secondary N) is 2. The molecular formula is C19H22N2O3. The lowest BCUT2D eigenvalue weighted by atomic mass is 10.1. The molecule has 2 rings (SSSR count). The van der Waals surface area contributed by atoms with E-state index in [1.165, 1.54) is 6.07 Å². The molecule has 126 valence electrons. The van der Waals surface area contributed by atoms with Crippen LogP contribution in [0.1, 0.15) is 36.2 Å². The number of aromatic hydroxyl groups is 1. The Balaban J connectivity index is 2.07. The van der Waals surface area contributed by atoms with E-state index in [1.54, 1.807) is 30.3 Å². The quantitative estimate of drug-likeness (QED) is 0.728. The van der Waals surface area contributed by atoms with E-state index in [4.69, 9.17) is 0 Å². The smallest absolute Gasteiger partial charge is 0.255 e. The second-order valence-corrected chi connectivity index (χ2v) is 6.20. The first-order chi connectivity index (χ1) is 11.3. The van der Waals surface area contributed by atoms with Gasteiger partial charge in [-0.05, 0) is 37.1 Å². The number of carbonyl (C=O) groups excluding carboxylic acids is 2. The summed E-state index contributed by atoms with van der Waals surface area (Å²) in [7, 11) is 0. The van der Waals surface area contributed by atoms with Crippen LogP contribution >= 0.6 is 0 Å². The number of hydrogen-bond acceptors (Lipinski definition) is 3. The zero-order valence-corrected chi connectivity index (χ0v) is 14.1. The lowest BCUT2D eigenvalue weighted by molar-refractivity contribution is -0.116. The number of hydrogen-bond donors (Lipinski definition) is 3. The van der Waals surface area contributed by atoms with E-state index in [0.717, 1.165) is 5.56 Å². The summed E-state index contributed by atoms with van der Waals surface area (Å²) < 4.78 is 0. The largest absolute Gasteiger partial charge is 0.506 e. The molecule has 0 atom stereocenters. The average molecular weight is 326 g/mol. The van der Waals surface area contributed by atoms with E-state index in [0.29, 0.717) is 23.4 Å². The second-order valence-electron chi connectivity index (χ2n) is 6.20. The number of carbonyl (C=O) groups is 2. The molecule has 0 bridgehead atoms. The van der Waals surface area contributed by atoms with Crippen LogP contribution in [0.3, 0.4) is 0 Å². The predicted molar refractivity (Wildman–Crippen MR) is 95.3 cm³/mol. The van der Waals surface area contributed by atoms with Crippen molar-refractivity contribution in [3.8, 4) is 5.75 Å². The first kappa shape index (κ1) is 17.5. The minimum Gasteiger partial charge on any atom is -0.506 e. The summed E-state index contributed by atoms with van der Waals surface area (Å²) >= 11 is 0. The monoisotopic (exact) mass is 326 g/mol. The molecular weight excluding hydrogens is 304 g/mol. The Kier molecular flexibility index (Phi) is 5.58. The van der Waals surface area contributed by atoms with Crippen LogP contribution in [0.5, 0.6) is 5.75 Å². The Morgan fingerprint density at radius 2 is 1.83 bits per heavy atom. The van der Waals surface area contributed by atoms with Crippen LogP contribution in [0.25, 0.3) is 0 Å². The summed E-state index contributed by atoms with van der Waals surface area (Å²) in [5, 5.41) is 15.5. The summed E-state index contributed by atoms with van der Waals surface area (Å²) in [5.74, 6) is -0.253. The Bertz CT molecular complexity index is 754. The SMILES string of the molecule is Cc1cccc(C(=O)Nc2ccc(NC(=O)CC(C)C)cc2O)c1. The van der Waals surface area contributed by atoms with Crippen LogP contribution in [-0.4, -0.2) is 16.9 Å². The van der Waals surface area contributed by atoms with Gasteiger partial charge in [-0.3, -0.25) is 9.59 Å². The van der Waals surface area contributed by atoms with Crippen LogP contribution in [-0.2, 0) is 4.79 Å². The minimum atomic E-state index is -0.300. The fourth-order valence-electron chi connectivity index (χ4n) is 2.28. The van der Waals surface area contributed by atoms with Crippen molar-refractivity contribution in [2.24, 2.45) is 5.92 Å². The second kappa shape index (κ2) is 7.64. The van der Waals surface area contributed by atoms with Crippen LogP contribution < -0.4 is 10.6 Å². The molecule has 5 heteroatoms. The lowest BCUT2D eigenvalue weighted by Gasteiger charge is -2.11. The maximum Gasteiger partial charge on any atom is 0.255 e. The number of anilines is 2. The number of phenolic OH excluding ortho intramolecular Hbond substituents is 1. The van der Waals surface area contributed by atoms with Gasteiger partial charge in [0.2, 0.25) is 5.91 Å². The molecule has 5 nitrogen and oxygen atoms in total. The molecule has 0 fully saturated rings. The van der Waals surface area contributed by atoms with Crippen molar-refractivity contribution in [2.75, 3.05) is 10.6 Å². The Morgan fingerprint density at radius 3 is 2.46 bits per heavy atom. The molecule has 2 amide bonds. The van der Waals surface area contributed by atoms with Crippen LogP contribution in [0.15, 0.2) is 42.5 Å². The standard InChI is InChI=1S/C19H22N2O3/c1-12(2)9-18(23)20-15-7-8-16(17(22)11-15)21-19(24)14-6-4-5-13(3)10-14/h4-8,10-12,22H,9H2,1-3H3,(H,20,23)(H,21,24). The van der Waals surface area contributed by atoms with Crippen molar-refractivity contribution < 1.29 is 14.7 Å². The number of aryl methyl sites for hydroxylation is 1. The van der Waals surface area contributed by atoms with Gasteiger partial charge in [0.05, 0.1) is 5.69 Å². The molecule has 24 heavy (non-hydrogen) atoms. The van der Waals surface area contributed by atoms with Crippen LogP contribution in [0.4, 0.5) is 11.4 Å². The molecule has 2 aromatic rings. The molecule has 0 aliphatic heterocycles. The molecule has 0 aromatic heterocycles. The normalized spacial score (nSPS) is 10.5. The highest BCUT2D eigenvalue weighted by Crippen LogP contribution is 2.27. The predicted octanol–water partition coefficient (Wildman–Crippen LogP) is 3.94. The summed E-state index contributed by atoms with van der Waals surface area (Å²) in [6.07, 6.45) is 0.409. The number of amides is 2. The van der Waals surface area contributed by atoms with Gasteiger partial charge in [0.15, 0.2) is 0 Å². The fourth-order valence-corrected chi connectivity index (χ4v) is 2.28. The zero-order chi connectivity index (χ0) is 17.7. The maximum atomic E-state index is 12.2. The van der Waals surface area contributed by atoms with E-state index >= 15 is 0 Å². The molecule has 0 aliphatic carbocycles. The summed E-state index contributed by atoms with van der Waals surface area (Å²) in [5.41, 5.74) is 2.29. The molecule has 0 saturated carbocycles. The highest BCUT2D eigenvalue weighted by Gasteiger charge is 2.11. The maximum absolute atomic E-state index is 12.2. The lowest BCUT2D eigenvalue weighted by Crippen LogP contribution is -2.14. The molecule has 0 radical (unpaired) electrons. The van der Waals surface area contributed by atoms with Crippen molar-refractivity contribution >= 4 is 23.2 Å². The summed E-state index contributed by atoms with van der Waals surface area (Å²) in [6.45, 7) is 5.82. The summed E-state index contributed by atoms with van der Waals surface area (Å²) in [6, 6.07) is 11.8. The van der Waals surface area contributed by atoms with Gasteiger partial charge in [0.1, 0.15) is 5.75 Å². The van der Waals surface area contributed by atoms with Gasteiger partial charge < -0.3 is 15.7 Å². The Labute approximate surface area is 141 Å². The molecule has 0 heterocycles. The zero-order valence-electron chi connectivity index (χ0n) is 14.1. The van der Waals surface area contributed by atoms with Crippen molar-refractivity contribution in [2.45, 2.75) is 27.2 Å². The third kappa shape index (κ3) is 4.84. The van der Waals surface area contributed by atoms with Gasteiger partial charge in [-0.15, -0.1) is 0 Å². The molecule has 3 N–H and O–H groups in total. The molecule has 0 unspecified atom stereocenters. The van der Waals surface area contributed by atoms with Gasteiger partial charge in [0, 0.05) is 23.7 Å². The summed E-state index contributed by atoms with van der Waals surface area (Å²) in [4.78, 5) is 24.0. The Hall–Kier alpha value is -2.82. The first-order valence-corrected chi connectivity index (χ1v) is 7.86. The van der Waals surface area contributed by atoms with Gasteiger partial charge in [-0.2, -0.15) is 0 Å². The first-order valence-electron chi connectivity index (χ1n) is 7.86. The molecule has 0 spiro atoms. The van der Waals surface area contributed by atoms with E-state index in [9.17, 15) is 14.7 Å². The number of benzene rings is 2. The topological polar surface area (TPSA) is 78.4 Å². The molecule has 0 saturated heterocycles. The molecule has 2 aromatic carbocycles. The van der Waals surface area contributed by atoms with Gasteiger partial charge in [-0.25, -0.2) is 0 Å². The minimum absolute atomic E-state index is 0.0987. The number of phenols is 1. The van der Waals surface area contributed by atoms with E-state index in [2.05, 4.69) is 10.6 Å².